The Balaban J connectivity index is 2.19. The van der Waals surface area contributed by atoms with Gasteiger partial charge < -0.3 is 4.90 Å². The molecule has 78 valence electrons. The molecule has 1 heterocycles. The predicted octanol–water partition coefficient (Wildman–Crippen LogP) is 1.64. The Bertz CT molecular complexity index is 133. The van der Waals surface area contributed by atoms with Crippen molar-refractivity contribution in [2.75, 3.05) is 39.1 Å². The third-order valence-electron chi connectivity index (χ3n) is 2.92. The van der Waals surface area contributed by atoms with Gasteiger partial charge in [-0.25, -0.2) is 0 Å². The van der Waals surface area contributed by atoms with E-state index >= 15 is 0 Å². The molecule has 0 bridgehead atoms. The first-order valence-electron chi connectivity index (χ1n) is 5.22. The summed E-state index contributed by atoms with van der Waals surface area (Å²) in [6.07, 6.45) is 2.39. The summed E-state index contributed by atoms with van der Waals surface area (Å²) in [5, 5.41) is 0. The summed E-state index contributed by atoms with van der Waals surface area (Å²) in [5.41, 5.74) is 0. The third kappa shape index (κ3) is 3.84. The molecule has 1 unspecified atom stereocenters. The van der Waals surface area contributed by atoms with Crippen molar-refractivity contribution in [3.63, 3.8) is 0 Å². The summed E-state index contributed by atoms with van der Waals surface area (Å²) in [6, 6.07) is 0.715. The number of likely N-dealkylation sites (N-methyl/N-ethyl adjacent to an activating group) is 1. The van der Waals surface area contributed by atoms with Gasteiger partial charge in [0.15, 0.2) is 0 Å². The van der Waals surface area contributed by atoms with Crippen molar-refractivity contribution in [2.45, 2.75) is 25.8 Å². The Morgan fingerprint density at radius 3 is 2.38 bits per heavy atom. The van der Waals surface area contributed by atoms with E-state index in [9.17, 15) is 0 Å². The normalized spacial score (nSPS) is 23.3. The maximum Gasteiger partial charge on any atom is 0.0224 e. The van der Waals surface area contributed by atoms with E-state index in [1.54, 1.807) is 0 Å². The molecule has 3 heteroatoms. The molecule has 1 atom stereocenters. The molecule has 0 aliphatic carbocycles. The quantitative estimate of drug-likeness (QED) is 0.643. The number of halogens is 1. The van der Waals surface area contributed by atoms with Gasteiger partial charge in [0.05, 0.1) is 0 Å². The van der Waals surface area contributed by atoms with Gasteiger partial charge in [-0.05, 0) is 26.8 Å². The second-order valence-electron chi connectivity index (χ2n) is 4.02. The van der Waals surface area contributed by atoms with Crippen LogP contribution in [0.15, 0.2) is 0 Å². The highest BCUT2D eigenvalue weighted by atomic mass is 35.5. The third-order valence-corrected chi connectivity index (χ3v) is 3.18. The molecule has 0 N–H and O–H groups in total. The fourth-order valence-electron chi connectivity index (χ4n) is 1.82. The first kappa shape index (κ1) is 11.3. The van der Waals surface area contributed by atoms with E-state index < -0.39 is 0 Å². The fraction of sp³-hybridized carbons (Fsp3) is 1.00. The summed E-state index contributed by atoms with van der Waals surface area (Å²) in [6.45, 7) is 7.19. The maximum atomic E-state index is 5.68. The Morgan fingerprint density at radius 2 is 1.85 bits per heavy atom. The van der Waals surface area contributed by atoms with Crippen LogP contribution in [0.5, 0.6) is 0 Å². The van der Waals surface area contributed by atoms with Crippen molar-refractivity contribution in [2.24, 2.45) is 0 Å². The predicted molar refractivity (Wildman–Crippen MR) is 58.5 cm³/mol. The highest BCUT2D eigenvalue weighted by Crippen LogP contribution is 2.09. The van der Waals surface area contributed by atoms with Crippen molar-refractivity contribution in [3.05, 3.63) is 0 Å². The fourth-order valence-corrected chi connectivity index (χ4v) is 1.97. The van der Waals surface area contributed by atoms with Gasteiger partial charge in [-0.1, -0.05) is 0 Å². The van der Waals surface area contributed by atoms with Gasteiger partial charge in [-0.15, -0.1) is 11.6 Å². The molecule has 13 heavy (non-hydrogen) atoms. The molecular formula is C10H21ClN2. The molecule has 1 saturated heterocycles. The number of alkyl halides is 1. The van der Waals surface area contributed by atoms with Crippen molar-refractivity contribution >= 4 is 11.6 Å². The topological polar surface area (TPSA) is 6.48 Å². The molecule has 1 aliphatic rings. The monoisotopic (exact) mass is 204 g/mol. The van der Waals surface area contributed by atoms with Crippen molar-refractivity contribution < 1.29 is 0 Å². The molecule has 0 aromatic carbocycles. The van der Waals surface area contributed by atoms with E-state index in [2.05, 4.69) is 23.8 Å². The minimum Gasteiger partial charge on any atom is -0.304 e. The minimum atomic E-state index is 0.715. The molecule has 0 amide bonds. The number of piperazine rings is 1. The van der Waals surface area contributed by atoms with Crippen LogP contribution in [0.2, 0.25) is 0 Å². The molecule has 0 aromatic rings. The molecule has 0 spiro atoms. The van der Waals surface area contributed by atoms with Gasteiger partial charge in [0, 0.05) is 38.1 Å². The highest BCUT2D eigenvalue weighted by molar-refractivity contribution is 6.17. The Hall–Kier alpha value is 0.210. The van der Waals surface area contributed by atoms with Gasteiger partial charge >= 0.3 is 0 Å². The lowest BCUT2D eigenvalue weighted by Crippen LogP contribution is -2.48. The van der Waals surface area contributed by atoms with Crippen molar-refractivity contribution in [1.29, 1.82) is 0 Å². The van der Waals surface area contributed by atoms with Crippen LogP contribution in [-0.2, 0) is 0 Å². The van der Waals surface area contributed by atoms with E-state index in [1.807, 2.05) is 0 Å². The highest BCUT2D eigenvalue weighted by Gasteiger charge is 2.18. The lowest BCUT2D eigenvalue weighted by Gasteiger charge is -2.36. The summed E-state index contributed by atoms with van der Waals surface area (Å²) in [4.78, 5) is 4.97. The van der Waals surface area contributed by atoms with Crippen LogP contribution in [0.25, 0.3) is 0 Å². The number of hydrogen-bond donors (Lipinski definition) is 0. The average Bonchev–Trinajstić information content (AvgIpc) is 2.15. The second-order valence-corrected chi connectivity index (χ2v) is 4.40. The molecule has 0 saturated carbocycles. The number of hydrogen-bond acceptors (Lipinski definition) is 2. The zero-order valence-corrected chi connectivity index (χ0v) is 9.56. The van der Waals surface area contributed by atoms with E-state index in [4.69, 9.17) is 11.6 Å². The van der Waals surface area contributed by atoms with E-state index in [-0.39, 0.29) is 0 Å². The lowest BCUT2D eigenvalue weighted by atomic mass is 10.1. The zero-order valence-electron chi connectivity index (χ0n) is 8.80. The summed E-state index contributed by atoms with van der Waals surface area (Å²) < 4.78 is 0. The van der Waals surface area contributed by atoms with Gasteiger partial charge in [-0.2, -0.15) is 0 Å². The number of rotatable bonds is 4. The zero-order chi connectivity index (χ0) is 9.68. The van der Waals surface area contributed by atoms with Gasteiger partial charge in [-0.3, -0.25) is 4.90 Å². The summed E-state index contributed by atoms with van der Waals surface area (Å²) in [7, 11) is 2.20. The van der Waals surface area contributed by atoms with Crippen LogP contribution in [0.1, 0.15) is 19.8 Å². The number of nitrogens with zero attached hydrogens (tertiary/aromatic N) is 2. The van der Waals surface area contributed by atoms with Crippen LogP contribution >= 0.6 is 11.6 Å². The molecular weight excluding hydrogens is 184 g/mol. The Morgan fingerprint density at radius 1 is 1.23 bits per heavy atom. The molecule has 2 nitrogen and oxygen atoms in total. The molecule has 0 aromatic heterocycles. The first-order valence-corrected chi connectivity index (χ1v) is 5.76. The van der Waals surface area contributed by atoms with E-state index in [1.165, 1.54) is 32.6 Å². The molecule has 1 rings (SSSR count). The Labute approximate surface area is 86.8 Å². The van der Waals surface area contributed by atoms with Crippen LogP contribution < -0.4 is 0 Å². The van der Waals surface area contributed by atoms with Crippen LogP contribution in [0.4, 0.5) is 0 Å². The van der Waals surface area contributed by atoms with Crippen molar-refractivity contribution in [1.82, 2.24) is 9.80 Å². The van der Waals surface area contributed by atoms with Crippen molar-refractivity contribution in [3.8, 4) is 0 Å². The molecule has 1 aliphatic heterocycles. The van der Waals surface area contributed by atoms with E-state index in [0.29, 0.717) is 6.04 Å². The second kappa shape index (κ2) is 5.84. The van der Waals surface area contributed by atoms with E-state index in [0.717, 1.165) is 12.3 Å². The van der Waals surface area contributed by atoms with Crippen LogP contribution in [0.3, 0.4) is 0 Å². The van der Waals surface area contributed by atoms with Crippen LogP contribution in [0, 0.1) is 0 Å². The van der Waals surface area contributed by atoms with Gasteiger partial charge in [0.1, 0.15) is 0 Å². The first-order chi connectivity index (χ1) is 6.24. The Kier molecular flexibility index (Phi) is 5.07. The summed E-state index contributed by atoms with van der Waals surface area (Å²) in [5.74, 6) is 0.804. The van der Waals surface area contributed by atoms with Gasteiger partial charge in [0.25, 0.3) is 0 Å². The molecule has 1 fully saturated rings. The maximum absolute atomic E-state index is 5.68. The molecule has 0 radical (unpaired) electrons. The average molecular weight is 205 g/mol. The largest absolute Gasteiger partial charge is 0.304 e. The smallest absolute Gasteiger partial charge is 0.0224 e. The van der Waals surface area contributed by atoms with Gasteiger partial charge in [0.2, 0.25) is 0 Å². The SMILES string of the molecule is CC(CCCCl)N1CCN(C)CC1. The minimum absolute atomic E-state index is 0.715. The van der Waals surface area contributed by atoms with Crippen LogP contribution in [-0.4, -0.2) is 54.9 Å². The standard InChI is InChI=1S/C10H21ClN2/c1-10(4-3-5-11)13-8-6-12(2)7-9-13/h10H,3-9H2,1-2H3. The summed E-state index contributed by atoms with van der Waals surface area (Å²) >= 11 is 5.68. The lowest BCUT2D eigenvalue weighted by molar-refractivity contribution is 0.114.